The number of hydrogen-bond acceptors (Lipinski definition) is 2. The molecule has 2 N–H and O–H groups in total. The Balaban J connectivity index is 1.86. The first-order valence-electron chi connectivity index (χ1n) is 8.14. The van der Waals surface area contributed by atoms with E-state index in [1.807, 2.05) is 0 Å². The van der Waals surface area contributed by atoms with Crippen LogP contribution in [0.4, 0.5) is 26.3 Å². The molecular formula is C19H14F6N2O. The molecule has 0 fully saturated rings. The third kappa shape index (κ3) is 4.65. The summed E-state index contributed by atoms with van der Waals surface area (Å²) in [5.41, 5.74) is -2.04. The lowest BCUT2D eigenvalue weighted by Gasteiger charge is -2.13. The number of phenolic OH excluding ortho intramolecular Hbond substituents is 1. The third-order valence-electron chi connectivity index (χ3n) is 4.11. The van der Waals surface area contributed by atoms with E-state index >= 15 is 0 Å². The normalized spacial score (nSPS) is 12.4. The summed E-state index contributed by atoms with van der Waals surface area (Å²) in [6, 6.07) is 7.86. The fourth-order valence-electron chi connectivity index (χ4n) is 2.67. The number of hydrogen-bond donors (Lipinski definition) is 2. The van der Waals surface area contributed by atoms with E-state index < -0.39 is 23.5 Å². The van der Waals surface area contributed by atoms with E-state index in [0.717, 1.165) is 5.56 Å². The van der Waals surface area contributed by atoms with Gasteiger partial charge >= 0.3 is 12.4 Å². The lowest BCUT2D eigenvalue weighted by Crippen LogP contribution is -2.11. The number of benzene rings is 2. The average molecular weight is 400 g/mol. The molecule has 0 saturated heterocycles. The van der Waals surface area contributed by atoms with Gasteiger partial charge < -0.3 is 10.1 Å². The van der Waals surface area contributed by atoms with Crippen molar-refractivity contribution in [3.8, 4) is 17.0 Å². The van der Waals surface area contributed by atoms with Crippen LogP contribution in [0.1, 0.15) is 22.5 Å². The van der Waals surface area contributed by atoms with Crippen molar-refractivity contribution in [1.82, 2.24) is 9.97 Å². The Hall–Kier alpha value is -2.97. The monoisotopic (exact) mass is 400 g/mol. The number of nitrogens with one attached hydrogen (secondary N) is 1. The molecule has 0 saturated carbocycles. The van der Waals surface area contributed by atoms with E-state index in [4.69, 9.17) is 0 Å². The maximum atomic E-state index is 13.0. The quantitative estimate of drug-likeness (QED) is 0.560. The van der Waals surface area contributed by atoms with Gasteiger partial charge in [0.25, 0.3) is 0 Å². The SMILES string of the molecule is Oc1ccc(CCc2ncc(-c3cc(C(F)(F)F)cc(C(F)(F)F)c3)[nH]2)cc1. The zero-order chi connectivity index (χ0) is 20.5. The summed E-state index contributed by atoms with van der Waals surface area (Å²) < 4.78 is 77.9. The molecule has 3 aromatic rings. The number of aryl methyl sites for hydroxylation is 2. The van der Waals surface area contributed by atoms with Gasteiger partial charge in [-0.3, -0.25) is 0 Å². The summed E-state index contributed by atoms with van der Waals surface area (Å²) in [7, 11) is 0. The van der Waals surface area contributed by atoms with Crippen molar-refractivity contribution in [2.24, 2.45) is 0 Å². The van der Waals surface area contributed by atoms with E-state index in [0.29, 0.717) is 30.8 Å². The van der Waals surface area contributed by atoms with E-state index in [-0.39, 0.29) is 23.1 Å². The van der Waals surface area contributed by atoms with E-state index in [2.05, 4.69) is 9.97 Å². The van der Waals surface area contributed by atoms with Crippen LogP contribution in [-0.4, -0.2) is 15.1 Å². The second-order valence-electron chi connectivity index (χ2n) is 6.20. The van der Waals surface area contributed by atoms with Gasteiger partial charge in [-0.1, -0.05) is 12.1 Å². The van der Waals surface area contributed by atoms with Gasteiger partial charge in [-0.2, -0.15) is 26.3 Å². The summed E-state index contributed by atoms with van der Waals surface area (Å²) in [6.07, 6.45) is -7.67. The Morgan fingerprint density at radius 1 is 0.821 bits per heavy atom. The molecule has 1 aromatic heterocycles. The highest BCUT2D eigenvalue weighted by molar-refractivity contribution is 5.61. The molecule has 3 rings (SSSR count). The minimum atomic E-state index is -4.91. The molecule has 0 atom stereocenters. The third-order valence-corrected chi connectivity index (χ3v) is 4.11. The van der Waals surface area contributed by atoms with Gasteiger partial charge in [0.05, 0.1) is 23.0 Å². The van der Waals surface area contributed by atoms with Crippen LogP contribution in [0, 0.1) is 0 Å². The summed E-state index contributed by atoms with van der Waals surface area (Å²) in [6.45, 7) is 0. The summed E-state index contributed by atoms with van der Waals surface area (Å²) >= 11 is 0. The van der Waals surface area contributed by atoms with Gasteiger partial charge in [0.2, 0.25) is 0 Å². The van der Waals surface area contributed by atoms with Gasteiger partial charge in [-0.25, -0.2) is 4.98 Å². The number of nitrogens with zero attached hydrogens (tertiary/aromatic N) is 1. The van der Waals surface area contributed by atoms with Crippen molar-refractivity contribution < 1.29 is 31.4 Å². The van der Waals surface area contributed by atoms with Crippen LogP contribution >= 0.6 is 0 Å². The molecule has 0 amide bonds. The van der Waals surface area contributed by atoms with Gasteiger partial charge in [0.15, 0.2) is 0 Å². The first-order chi connectivity index (χ1) is 13.0. The molecule has 3 nitrogen and oxygen atoms in total. The molecular weight excluding hydrogens is 386 g/mol. The van der Waals surface area contributed by atoms with Crippen molar-refractivity contribution in [2.45, 2.75) is 25.2 Å². The predicted octanol–water partition coefficient (Wildman–Crippen LogP) is 5.61. The van der Waals surface area contributed by atoms with Gasteiger partial charge in [-0.15, -0.1) is 0 Å². The summed E-state index contributed by atoms with van der Waals surface area (Å²) in [5.74, 6) is 0.545. The number of aromatic nitrogens is 2. The molecule has 2 aromatic carbocycles. The van der Waals surface area contributed by atoms with Gasteiger partial charge in [0, 0.05) is 12.0 Å². The number of imidazole rings is 1. The molecule has 0 aliphatic carbocycles. The standard InChI is InChI=1S/C19H14F6N2O/c20-18(21,22)13-7-12(8-14(9-13)19(23,24)25)16-10-26-17(27-16)6-3-11-1-4-15(28)5-2-11/h1-2,4-5,7-10,28H,3,6H2,(H,26,27). The molecule has 0 spiro atoms. The number of halogens is 6. The molecule has 0 radical (unpaired) electrons. The van der Waals surface area contributed by atoms with Crippen molar-refractivity contribution >= 4 is 0 Å². The van der Waals surface area contributed by atoms with Crippen LogP contribution in [0.3, 0.4) is 0 Å². The number of alkyl halides is 6. The maximum absolute atomic E-state index is 13.0. The first-order valence-corrected chi connectivity index (χ1v) is 8.14. The van der Waals surface area contributed by atoms with Crippen LogP contribution in [-0.2, 0) is 25.2 Å². The Morgan fingerprint density at radius 3 is 1.93 bits per heavy atom. The number of aromatic amines is 1. The highest BCUT2D eigenvalue weighted by atomic mass is 19.4. The topological polar surface area (TPSA) is 48.9 Å². The number of aromatic hydroxyl groups is 1. The van der Waals surface area contributed by atoms with Crippen molar-refractivity contribution in [3.63, 3.8) is 0 Å². The molecule has 0 aliphatic heterocycles. The Labute approximate surface area is 155 Å². The van der Waals surface area contributed by atoms with Crippen molar-refractivity contribution in [3.05, 3.63) is 71.2 Å². The Bertz CT molecular complexity index is 926. The van der Waals surface area contributed by atoms with Crippen LogP contribution in [0.15, 0.2) is 48.7 Å². The highest BCUT2D eigenvalue weighted by Gasteiger charge is 2.37. The fraction of sp³-hybridized carbons (Fsp3) is 0.211. The molecule has 1 heterocycles. The number of rotatable bonds is 4. The zero-order valence-corrected chi connectivity index (χ0v) is 14.2. The largest absolute Gasteiger partial charge is 0.508 e. The molecule has 0 unspecified atom stereocenters. The van der Waals surface area contributed by atoms with Crippen LogP contribution < -0.4 is 0 Å². The van der Waals surface area contributed by atoms with Crippen molar-refractivity contribution in [2.75, 3.05) is 0 Å². The second-order valence-corrected chi connectivity index (χ2v) is 6.20. The number of phenols is 1. The van der Waals surface area contributed by atoms with Crippen LogP contribution in [0.5, 0.6) is 5.75 Å². The molecule has 9 heteroatoms. The Morgan fingerprint density at radius 2 is 1.39 bits per heavy atom. The number of H-pyrrole nitrogens is 1. The van der Waals surface area contributed by atoms with E-state index in [1.165, 1.54) is 18.3 Å². The molecule has 148 valence electrons. The van der Waals surface area contributed by atoms with Crippen molar-refractivity contribution in [1.29, 1.82) is 0 Å². The molecule has 0 bridgehead atoms. The zero-order valence-electron chi connectivity index (χ0n) is 14.2. The van der Waals surface area contributed by atoms with Gasteiger partial charge in [-0.05, 0) is 42.3 Å². The predicted molar refractivity (Wildman–Crippen MR) is 89.5 cm³/mol. The molecule has 0 aliphatic rings. The smallest absolute Gasteiger partial charge is 0.416 e. The lowest BCUT2D eigenvalue weighted by atomic mass is 10.0. The van der Waals surface area contributed by atoms with E-state index in [9.17, 15) is 31.4 Å². The highest BCUT2D eigenvalue weighted by Crippen LogP contribution is 2.38. The minimum absolute atomic E-state index is 0.0670. The summed E-state index contributed by atoms with van der Waals surface area (Å²) in [4.78, 5) is 6.81. The average Bonchev–Trinajstić information content (AvgIpc) is 3.08. The van der Waals surface area contributed by atoms with Crippen LogP contribution in [0.25, 0.3) is 11.3 Å². The molecule has 28 heavy (non-hydrogen) atoms. The maximum Gasteiger partial charge on any atom is 0.416 e. The Kier molecular flexibility index (Phi) is 5.10. The van der Waals surface area contributed by atoms with Crippen LogP contribution in [0.2, 0.25) is 0 Å². The fourth-order valence-corrected chi connectivity index (χ4v) is 2.67. The minimum Gasteiger partial charge on any atom is -0.508 e. The summed E-state index contributed by atoms with van der Waals surface area (Å²) in [5, 5.41) is 9.25. The van der Waals surface area contributed by atoms with Gasteiger partial charge in [0.1, 0.15) is 11.6 Å². The van der Waals surface area contributed by atoms with E-state index in [1.54, 1.807) is 12.1 Å². The second kappa shape index (κ2) is 7.21. The lowest BCUT2D eigenvalue weighted by molar-refractivity contribution is -0.143. The first kappa shape index (κ1) is 19.8.